The van der Waals surface area contributed by atoms with Gasteiger partial charge in [-0.1, -0.05) is 18.0 Å². The van der Waals surface area contributed by atoms with Crippen molar-refractivity contribution in [2.75, 3.05) is 28.9 Å². The number of likely N-dealkylation sites (tertiary alicyclic amines) is 1. The number of carbonyl (C=O) groups is 1. The lowest BCUT2D eigenvalue weighted by Crippen LogP contribution is -2.44. The van der Waals surface area contributed by atoms with Crippen LogP contribution < -0.4 is 15.6 Å². The van der Waals surface area contributed by atoms with E-state index in [1.54, 1.807) is 23.2 Å². The second kappa shape index (κ2) is 13.0. The molecule has 14 heteroatoms. The van der Waals surface area contributed by atoms with Gasteiger partial charge in [-0.05, 0) is 71.2 Å². The van der Waals surface area contributed by atoms with E-state index in [0.29, 0.717) is 48.5 Å². The SMILES string of the molecule is CC(C)n1c(=O)c(-c2ccc(NSCCC(F)(F)F)c(F)c2)cc2cnc(NC3CCN(C(=O)OC(C)(C)C)CC3)nc21. The minimum absolute atomic E-state index is 0.0244. The minimum Gasteiger partial charge on any atom is -0.444 e. The highest BCUT2D eigenvalue weighted by atomic mass is 32.2. The Morgan fingerprint density at radius 3 is 2.47 bits per heavy atom. The van der Waals surface area contributed by atoms with Crippen LogP contribution in [0.5, 0.6) is 0 Å². The number of aromatic nitrogens is 3. The average molecular weight is 625 g/mol. The Morgan fingerprint density at radius 2 is 1.86 bits per heavy atom. The van der Waals surface area contributed by atoms with Gasteiger partial charge in [0.05, 0.1) is 12.1 Å². The zero-order chi connectivity index (χ0) is 31.5. The first-order valence-corrected chi connectivity index (χ1v) is 15.0. The second-order valence-electron chi connectivity index (χ2n) is 11.7. The fraction of sp³-hybridized carbons (Fsp3) is 0.517. The van der Waals surface area contributed by atoms with Crippen LogP contribution in [0.15, 0.2) is 35.3 Å². The summed E-state index contributed by atoms with van der Waals surface area (Å²) >= 11 is 0.756. The number of hydrogen-bond acceptors (Lipinski definition) is 8. The molecule has 0 unspecified atom stereocenters. The zero-order valence-electron chi connectivity index (χ0n) is 24.7. The molecule has 0 radical (unpaired) electrons. The number of carbonyl (C=O) groups excluding carboxylic acids is 1. The summed E-state index contributed by atoms with van der Waals surface area (Å²) in [7, 11) is 0. The van der Waals surface area contributed by atoms with E-state index in [0.717, 1.165) is 11.9 Å². The molecule has 4 rings (SSSR count). The van der Waals surface area contributed by atoms with Gasteiger partial charge in [0.1, 0.15) is 17.1 Å². The van der Waals surface area contributed by atoms with Gasteiger partial charge in [-0.2, -0.15) is 18.2 Å². The molecule has 0 bridgehead atoms. The fourth-order valence-electron chi connectivity index (χ4n) is 4.65. The third kappa shape index (κ3) is 8.52. The topological polar surface area (TPSA) is 101 Å². The summed E-state index contributed by atoms with van der Waals surface area (Å²) in [6.07, 6.45) is -2.67. The molecule has 0 spiro atoms. The van der Waals surface area contributed by atoms with Crippen LogP contribution in [0.4, 0.5) is 34.0 Å². The van der Waals surface area contributed by atoms with Crippen molar-refractivity contribution >= 4 is 40.7 Å². The summed E-state index contributed by atoms with van der Waals surface area (Å²) < 4.78 is 61.6. The molecule has 0 saturated carbocycles. The van der Waals surface area contributed by atoms with Crippen molar-refractivity contribution in [1.82, 2.24) is 19.4 Å². The van der Waals surface area contributed by atoms with Crippen molar-refractivity contribution in [3.05, 3.63) is 46.6 Å². The fourth-order valence-corrected chi connectivity index (χ4v) is 5.41. The van der Waals surface area contributed by atoms with E-state index < -0.39 is 24.0 Å². The van der Waals surface area contributed by atoms with Crippen molar-refractivity contribution in [2.24, 2.45) is 0 Å². The number of piperidine rings is 1. The molecule has 1 fully saturated rings. The molecule has 2 aromatic heterocycles. The van der Waals surface area contributed by atoms with Gasteiger partial charge in [0.2, 0.25) is 5.95 Å². The molecule has 1 amide bonds. The third-order valence-electron chi connectivity index (χ3n) is 6.72. The molecule has 1 saturated heterocycles. The number of benzene rings is 1. The first-order chi connectivity index (χ1) is 20.1. The van der Waals surface area contributed by atoms with Crippen LogP contribution in [-0.2, 0) is 4.74 Å². The lowest BCUT2D eigenvalue weighted by atomic mass is 10.0. The quantitative estimate of drug-likeness (QED) is 0.157. The Kier molecular flexibility index (Phi) is 9.77. The van der Waals surface area contributed by atoms with Crippen LogP contribution in [-0.4, -0.2) is 62.2 Å². The van der Waals surface area contributed by atoms with Crippen molar-refractivity contribution in [1.29, 1.82) is 0 Å². The molecule has 1 aliphatic rings. The highest BCUT2D eigenvalue weighted by molar-refractivity contribution is 8.00. The van der Waals surface area contributed by atoms with E-state index in [1.807, 2.05) is 34.6 Å². The summed E-state index contributed by atoms with van der Waals surface area (Å²) in [5.74, 6) is -0.605. The number of pyridine rings is 1. The molecule has 0 atom stereocenters. The van der Waals surface area contributed by atoms with Crippen LogP contribution in [0.2, 0.25) is 0 Å². The van der Waals surface area contributed by atoms with Crippen LogP contribution in [0.25, 0.3) is 22.2 Å². The second-order valence-corrected chi connectivity index (χ2v) is 12.6. The molecule has 2 N–H and O–H groups in total. The van der Waals surface area contributed by atoms with E-state index in [-0.39, 0.29) is 40.7 Å². The Labute approximate surface area is 251 Å². The number of anilines is 2. The first-order valence-electron chi connectivity index (χ1n) is 14.0. The number of halogens is 4. The van der Waals surface area contributed by atoms with Gasteiger partial charge in [-0.15, -0.1) is 0 Å². The van der Waals surface area contributed by atoms with E-state index >= 15 is 0 Å². The summed E-state index contributed by atoms with van der Waals surface area (Å²) in [5, 5.41) is 3.90. The molecule has 1 aromatic carbocycles. The van der Waals surface area contributed by atoms with Gasteiger partial charge >= 0.3 is 12.3 Å². The summed E-state index contributed by atoms with van der Waals surface area (Å²) in [4.78, 5) is 36.8. The van der Waals surface area contributed by atoms with Gasteiger partial charge in [-0.3, -0.25) is 9.36 Å². The lowest BCUT2D eigenvalue weighted by molar-refractivity contribution is -0.129. The van der Waals surface area contributed by atoms with E-state index in [2.05, 4.69) is 20.0 Å². The van der Waals surface area contributed by atoms with Crippen LogP contribution in [0.3, 0.4) is 0 Å². The Hall–Kier alpha value is -3.55. The number of rotatable bonds is 8. The molecular formula is C29H36F4N6O3S. The maximum absolute atomic E-state index is 14.8. The predicted molar refractivity (Wildman–Crippen MR) is 161 cm³/mol. The molecule has 9 nitrogen and oxygen atoms in total. The maximum Gasteiger partial charge on any atom is 0.410 e. The molecular weight excluding hydrogens is 588 g/mol. The predicted octanol–water partition coefficient (Wildman–Crippen LogP) is 7.00. The normalized spacial score (nSPS) is 14.8. The molecule has 0 aliphatic carbocycles. The first kappa shape index (κ1) is 32.4. The van der Waals surface area contributed by atoms with Crippen molar-refractivity contribution in [3.63, 3.8) is 0 Å². The number of hydrogen-bond donors (Lipinski definition) is 2. The van der Waals surface area contributed by atoms with Gasteiger partial charge < -0.3 is 19.7 Å². The number of alkyl halides is 3. The smallest absolute Gasteiger partial charge is 0.410 e. The van der Waals surface area contributed by atoms with Crippen molar-refractivity contribution < 1.29 is 27.1 Å². The summed E-state index contributed by atoms with van der Waals surface area (Å²) in [6, 6.07) is 5.48. The van der Waals surface area contributed by atoms with Gasteiger partial charge in [0, 0.05) is 48.1 Å². The Balaban J connectivity index is 1.51. The van der Waals surface area contributed by atoms with E-state index in [9.17, 15) is 27.2 Å². The standard InChI is InChI=1S/C29H36F4N6O3S/c1-17(2)39-24-19(16-34-26(36-24)35-20-8-11-38(12-9-20)27(41)42-28(3,4)5)14-21(25(39)40)18-6-7-23(22(30)15-18)37-43-13-10-29(31,32)33/h6-7,14-17,20,37H,8-13H2,1-5H3,(H,34,35,36). The molecule has 3 heterocycles. The van der Waals surface area contributed by atoms with Crippen molar-refractivity contribution in [3.8, 4) is 11.1 Å². The zero-order valence-corrected chi connectivity index (χ0v) is 25.5. The Morgan fingerprint density at radius 1 is 1.16 bits per heavy atom. The van der Waals surface area contributed by atoms with E-state index in [4.69, 9.17) is 4.74 Å². The van der Waals surface area contributed by atoms with Gasteiger partial charge in [-0.25, -0.2) is 14.2 Å². The number of ether oxygens (including phenoxy) is 1. The van der Waals surface area contributed by atoms with Crippen molar-refractivity contribution in [2.45, 2.75) is 77.7 Å². The number of amides is 1. The summed E-state index contributed by atoms with van der Waals surface area (Å²) in [6.45, 7) is 10.2. The molecule has 43 heavy (non-hydrogen) atoms. The lowest BCUT2D eigenvalue weighted by Gasteiger charge is -2.33. The summed E-state index contributed by atoms with van der Waals surface area (Å²) in [5.41, 5.74) is 0.0911. The number of fused-ring (bicyclic) bond motifs is 1. The van der Waals surface area contributed by atoms with Crippen LogP contribution >= 0.6 is 11.9 Å². The van der Waals surface area contributed by atoms with Crippen LogP contribution in [0, 0.1) is 5.82 Å². The molecule has 1 aliphatic heterocycles. The maximum atomic E-state index is 14.8. The largest absolute Gasteiger partial charge is 0.444 e. The minimum atomic E-state index is -4.29. The van der Waals surface area contributed by atoms with Gasteiger partial charge in [0.25, 0.3) is 5.56 Å². The monoisotopic (exact) mass is 624 g/mol. The average Bonchev–Trinajstić information content (AvgIpc) is 2.90. The Bertz CT molecular complexity index is 1520. The number of nitrogens with one attached hydrogen (secondary N) is 2. The third-order valence-corrected chi connectivity index (χ3v) is 7.49. The van der Waals surface area contributed by atoms with Gasteiger partial charge in [0.15, 0.2) is 0 Å². The number of nitrogens with zero attached hydrogens (tertiary/aromatic N) is 4. The molecule has 3 aromatic rings. The van der Waals surface area contributed by atoms with E-state index in [1.165, 1.54) is 16.7 Å². The van der Waals surface area contributed by atoms with Crippen LogP contribution in [0.1, 0.15) is 59.9 Å². The molecule has 234 valence electrons. The highest BCUT2D eigenvalue weighted by Gasteiger charge is 2.28. The highest BCUT2D eigenvalue weighted by Crippen LogP contribution is 2.28.